The minimum Gasteiger partial charge on any atom is -0.506 e. The zero-order valence-electron chi connectivity index (χ0n) is 10.3. The predicted molar refractivity (Wildman–Crippen MR) is 70.0 cm³/mol. The molecule has 2 rings (SSSR count). The van der Waals surface area contributed by atoms with Gasteiger partial charge in [-0.15, -0.1) is 0 Å². The van der Waals surface area contributed by atoms with E-state index in [9.17, 15) is 14.7 Å². The van der Waals surface area contributed by atoms with Gasteiger partial charge in [0, 0.05) is 12.4 Å². The van der Waals surface area contributed by atoms with Crippen molar-refractivity contribution < 1.29 is 19.4 Å². The highest BCUT2D eigenvalue weighted by Crippen LogP contribution is 2.28. The van der Waals surface area contributed by atoms with Crippen molar-refractivity contribution in [3.05, 3.63) is 42.0 Å². The third-order valence-electron chi connectivity index (χ3n) is 2.73. The highest BCUT2D eigenvalue weighted by atomic mass is 16.5. The Morgan fingerprint density at radius 2 is 1.95 bits per heavy atom. The fourth-order valence-electron chi connectivity index (χ4n) is 1.70. The lowest BCUT2D eigenvalue weighted by Crippen LogP contribution is -2.25. The maximum absolute atomic E-state index is 11.8. The second-order valence-electron chi connectivity index (χ2n) is 3.93. The van der Waals surface area contributed by atoms with Gasteiger partial charge in [-0.25, -0.2) is 4.79 Å². The highest BCUT2D eigenvalue weighted by molar-refractivity contribution is 6.01. The van der Waals surface area contributed by atoms with E-state index in [-0.39, 0.29) is 17.9 Å². The van der Waals surface area contributed by atoms with Crippen molar-refractivity contribution in [2.75, 3.05) is 13.7 Å². The molecule has 0 aromatic heterocycles. The van der Waals surface area contributed by atoms with Crippen molar-refractivity contribution in [2.45, 2.75) is 0 Å². The molecular weight excluding hydrogens is 246 g/mol. The molecule has 0 aliphatic rings. The Labute approximate surface area is 109 Å². The van der Waals surface area contributed by atoms with Crippen LogP contribution in [0.5, 0.6) is 5.75 Å². The third kappa shape index (κ3) is 2.65. The molecule has 98 valence electrons. The monoisotopic (exact) mass is 259 g/mol. The highest BCUT2D eigenvalue weighted by Gasteiger charge is 2.15. The molecule has 0 aliphatic carbocycles. The van der Waals surface area contributed by atoms with Gasteiger partial charge in [-0.05, 0) is 11.5 Å². The van der Waals surface area contributed by atoms with Crippen molar-refractivity contribution in [3.63, 3.8) is 0 Å². The lowest BCUT2D eigenvalue weighted by molar-refractivity contribution is -0.123. The SMILES string of the molecule is CNC(=O)COC(=O)c1ccc2ccccc2c1O. The first kappa shape index (κ1) is 12.9. The lowest BCUT2D eigenvalue weighted by Gasteiger charge is -2.08. The van der Waals surface area contributed by atoms with Crippen LogP contribution in [0.4, 0.5) is 0 Å². The molecule has 0 fully saturated rings. The van der Waals surface area contributed by atoms with E-state index in [0.29, 0.717) is 5.39 Å². The van der Waals surface area contributed by atoms with E-state index in [2.05, 4.69) is 5.32 Å². The van der Waals surface area contributed by atoms with Gasteiger partial charge in [0.25, 0.3) is 5.91 Å². The topological polar surface area (TPSA) is 75.6 Å². The average Bonchev–Trinajstić information content (AvgIpc) is 2.45. The first-order valence-electron chi connectivity index (χ1n) is 5.72. The summed E-state index contributed by atoms with van der Waals surface area (Å²) >= 11 is 0. The number of esters is 1. The average molecular weight is 259 g/mol. The van der Waals surface area contributed by atoms with Crippen molar-refractivity contribution in [2.24, 2.45) is 0 Å². The zero-order valence-corrected chi connectivity index (χ0v) is 10.3. The molecule has 0 heterocycles. The summed E-state index contributed by atoms with van der Waals surface area (Å²) in [4.78, 5) is 22.8. The van der Waals surface area contributed by atoms with E-state index in [1.807, 2.05) is 12.1 Å². The molecule has 2 N–H and O–H groups in total. The summed E-state index contributed by atoms with van der Waals surface area (Å²) in [5.41, 5.74) is 0.0441. The van der Waals surface area contributed by atoms with Crippen LogP contribution in [0.15, 0.2) is 36.4 Å². The number of likely N-dealkylation sites (N-methyl/N-ethyl adjacent to an activating group) is 1. The summed E-state index contributed by atoms with van der Waals surface area (Å²) in [7, 11) is 1.45. The number of phenolic OH excluding ortho intramolecular Hbond substituents is 1. The summed E-state index contributed by atoms with van der Waals surface area (Å²) in [5.74, 6) is -1.28. The number of fused-ring (bicyclic) bond motifs is 1. The van der Waals surface area contributed by atoms with Gasteiger partial charge < -0.3 is 15.2 Å². The maximum Gasteiger partial charge on any atom is 0.342 e. The number of hydrogen-bond acceptors (Lipinski definition) is 4. The maximum atomic E-state index is 11.8. The van der Waals surface area contributed by atoms with Gasteiger partial charge in [0.15, 0.2) is 6.61 Å². The number of amides is 1. The van der Waals surface area contributed by atoms with E-state index in [4.69, 9.17) is 4.74 Å². The third-order valence-corrected chi connectivity index (χ3v) is 2.73. The van der Waals surface area contributed by atoms with Gasteiger partial charge in [0.1, 0.15) is 11.3 Å². The molecular formula is C14H13NO4. The van der Waals surface area contributed by atoms with Crippen molar-refractivity contribution in [1.82, 2.24) is 5.32 Å². The molecule has 5 nitrogen and oxygen atoms in total. The zero-order chi connectivity index (χ0) is 13.8. The van der Waals surface area contributed by atoms with Crippen molar-refractivity contribution in [1.29, 1.82) is 0 Å². The van der Waals surface area contributed by atoms with Crippen LogP contribution < -0.4 is 5.32 Å². The quantitative estimate of drug-likeness (QED) is 0.818. The Morgan fingerprint density at radius 1 is 1.21 bits per heavy atom. The molecule has 1 amide bonds. The Hall–Kier alpha value is -2.56. The van der Waals surface area contributed by atoms with Crippen LogP contribution in [0.2, 0.25) is 0 Å². The molecule has 0 radical (unpaired) electrons. The first-order chi connectivity index (χ1) is 9.13. The van der Waals surface area contributed by atoms with Crippen LogP contribution in [0.25, 0.3) is 10.8 Å². The number of phenols is 1. The van der Waals surface area contributed by atoms with E-state index in [0.717, 1.165) is 5.39 Å². The number of carbonyl (C=O) groups is 2. The van der Waals surface area contributed by atoms with E-state index >= 15 is 0 Å². The molecule has 2 aromatic rings. The van der Waals surface area contributed by atoms with Gasteiger partial charge in [0.2, 0.25) is 0 Å². The summed E-state index contributed by atoms with van der Waals surface area (Å²) in [6.07, 6.45) is 0. The summed E-state index contributed by atoms with van der Waals surface area (Å²) in [6, 6.07) is 10.3. The number of hydrogen-bond donors (Lipinski definition) is 2. The Balaban J connectivity index is 2.27. The number of rotatable bonds is 3. The lowest BCUT2D eigenvalue weighted by atomic mass is 10.1. The van der Waals surface area contributed by atoms with Gasteiger partial charge in [-0.2, -0.15) is 0 Å². The normalized spacial score (nSPS) is 10.2. The largest absolute Gasteiger partial charge is 0.506 e. The summed E-state index contributed by atoms with van der Waals surface area (Å²) < 4.78 is 4.80. The number of benzene rings is 2. The standard InChI is InChI=1S/C14H13NO4/c1-15-12(16)8-19-14(18)11-7-6-9-4-2-3-5-10(9)13(11)17/h2-7,17H,8H2,1H3,(H,15,16). The van der Waals surface area contributed by atoms with Gasteiger partial charge >= 0.3 is 5.97 Å². The van der Waals surface area contributed by atoms with Crippen LogP contribution in [-0.4, -0.2) is 30.6 Å². The molecule has 5 heteroatoms. The number of nitrogens with one attached hydrogen (secondary N) is 1. The molecule has 19 heavy (non-hydrogen) atoms. The van der Waals surface area contributed by atoms with Gasteiger partial charge in [-0.1, -0.05) is 30.3 Å². The van der Waals surface area contributed by atoms with Crippen LogP contribution in [0.1, 0.15) is 10.4 Å². The summed E-state index contributed by atoms with van der Waals surface area (Å²) in [5, 5.41) is 13.8. The Kier molecular flexibility index (Phi) is 3.66. The van der Waals surface area contributed by atoms with Crippen LogP contribution in [0, 0.1) is 0 Å². The van der Waals surface area contributed by atoms with Gasteiger partial charge in [-0.3, -0.25) is 4.79 Å². The van der Waals surface area contributed by atoms with Crippen LogP contribution in [-0.2, 0) is 9.53 Å². The first-order valence-corrected chi connectivity index (χ1v) is 5.72. The molecule has 0 spiro atoms. The minimum atomic E-state index is -0.730. The second kappa shape index (κ2) is 5.39. The fourth-order valence-corrected chi connectivity index (χ4v) is 1.70. The molecule has 0 atom stereocenters. The molecule has 0 saturated heterocycles. The molecule has 0 bridgehead atoms. The van der Waals surface area contributed by atoms with Crippen LogP contribution in [0.3, 0.4) is 0 Å². The molecule has 0 aliphatic heterocycles. The second-order valence-corrected chi connectivity index (χ2v) is 3.93. The number of ether oxygens (including phenoxy) is 1. The molecule has 0 saturated carbocycles. The van der Waals surface area contributed by atoms with Crippen molar-refractivity contribution >= 4 is 22.6 Å². The Morgan fingerprint density at radius 3 is 2.68 bits per heavy atom. The van der Waals surface area contributed by atoms with E-state index < -0.39 is 11.9 Å². The van der Waals surface area contributed by atoms with E-state index in [1.165, 1.54) is 13.1 Å². The summed E-state index contributed by atoms with van der Waals surface area (Å²) in [6.45, 7) is -0.373. The Bertz CT molecular complexity index is 636. The predicted octanol–water partition coefficient (Wildman–Crippen LogP) is 1.45. The number of aromatic hydroxyl groups is 1. The molecule has 2 aromatic carbocycles. The van der Waals surface area contributed by atoms with E-state index in [1.54, 1.807) is 18.2 Å². The van der Waals surface area contributed by atoms with Crippen molar-refractivity contribution in [3.8, 4) is 5.75 Å². The van der Waals surface area contributed by atoms with Gasteiger partial charge in [0.05, 0.1) is 0 Å². The number of carbonyl (C=O) groups excluding carboxylic acids is 2. The molecule has 0 unspecified atom stereocenters. The minimum absolute atomic E-state index is 0.0441. The fraction of sp³-hybridized carbons (Fsp3) is 0.143. The van der Waals surface area contributed by atoms with Crippen LogP contribution >= 0.6 is 0 Å². The smallest absolute Gasteiger partial charge is 0.342 e.